The van der Waals surface area contributed by atoms with Gasteiger partial charge in [-0.2, -0.15) is 9.66 Å². The van der Waals surface area contributed by atoms with E-state index in [1.165, 1.54) is 0 Å². The highest BCUT2D eigenvalue weighted by atomic mass is 16.5. The predicted molar refractivity (Wildman–Crippen MR) is 116 cm³/mol. The molecule has 31 heavy (non-hydrogen) atoms. The van der Waals surface area contributed by atoms with Gasteiger partial charge in [-0.05, 0) is 37.5 Å². The Kier molecular flexibility index (Phi) is 3.97. The van der Waals surface area contributed by atoms with E-state index in [-0.39, 0.29) is 17.9 Å². The van der Waals surface area contributed by atoms with Crippen LogP contribution in [-0.2, 0) is 11.8 Å². The lowest BCUT2D eigenvalue weighted by atomic mass is 10.1. The van der Waals surface area contributed by atoms with E-state index >= 15 is 0 Å². The number of imidazole rings is 1. The molecule has 4 aromatic rings. The lowest BCUT2D eigenvalue weighted by Gasteiger charge is -2.33. The SMILES string of the molecule is Cc1cc2nccnc2cc1Nc1ncc2c(n1)n(N1CC3CCC(C1)O3)c(=O)n2C. The molecule has 2 saturated heterocycles. The van der Waals surface area contributed by atoms with Gasteiger partial charge in [0.2, 0.25) is 5.95 Å². The number of ether oxygens (including phenoxy) is 1. The first-order chi connectivity index (χ1) is 15.1. The first-order valence-corrected chi connectivity index (χ1v) is 10.4. The minimum Gasteiger partial charge on any atom is -0.371 e. The predicted octanol–water partition coefficient (Wildman–Crippen LogP) is 1.62. The molecule has 2 atom stereocenters. The number of aromatic nitrogens is 6. The van der Waals surface area contributed by atoms with E-state index in [2.05, 4.69) is 25.3 Å². The number of anilines is 2. The number of fused-ring (bicyclic) bond motifs is 4. The maximum Gasteiger partial charge on any atom is 0.349 e. The summed E-state index contributed by atoms with van der Waals surface area (Å²) in [6, 6.07) is 3.91. The normalized spacial score (nSPS) is 20.6. The fourth-order valence-electron chi connectivity index (χ4n) is 4.54. The second-order valence-corrected chi connectivity index (χ2v) is 8.22. The maximum absolute atomic E-state index is 13.0. The van der Waals surface area contributed by atoms with Gasteiger partial charge in [0.15, 0.2) is 5.65 Å². The number of hydrogen-bond acceptors (Lipinski definition) is 8. The molecule has 0 spiro atoms. The minimum absolute atomic E-state index is 0.125. The number of nitrogens with one attached hydrogen (secondary N) is 1. The van der Waals surface area contributed by atoms with Crippen molar-refractivity contribution in [1.29, 1.82) is 0 Å². The molecule has 1 aromatic carbocycles. The highest BCUT2D eigenvalue weighted by Gasteiger charge is 2.35. The molecule has 158 valence electrons. The molecular formula is C21H22N8O2. The summed E-state index contributed by atoms with van der Waals surface area (Å²) in [6.45, 7) is 3.37. The maximum atomic E-state index is 13.0. The average Bonchev–Trinajstić information content (AvgIpc) is 3.23. The Morgan fingerprint density at radius 3 is 2.52 bits per heavy atom. The smallest absolute Gasteiger partial charge is 0.349 e. The van der Waals surface area contributed by atoms with Crippen LogP contribution >= 0.6 is 0 Å². The molecule has 10 nitrogen and oxygen atoms in total. The fourth-order valence-corrected chi connectivity index (χ4v) is 4.54. The van der Waals surface area contributed by atoms with Crippen molar-refractivity contribution in [2.24, 2.45) is 7.05 Å². The summed E-state index contributed by atoms with van der Waals surface area (Å²) in [4.78, 5) is 30.9. The van der Waals surface area contributed by atoms with Crippen molar-refractivity contribution in [2.75, 3.05) is 23.4 Å². The van der Waals surface area contributed by atoms with Crippen LogP contribution in [0.2, 0.25) is 0 Å². The molecule has 2 fully saturated rings. The van der Waals surface area contributed by atoms with Crippen LogP contribution in [0.4, 0.5) is 11.6 Å². The zero-order valence-electron chi connectivity index (χ0n) is 17.3. The topological polar surface area (TPSA) is 103 Å². The summed E-state index contributed by atoms with van der Waals surface area (Å²) in [5.74, 6) is 0.425. The first kappa shape index (κ1) is 18.3. The van der Waals surface area contributed by atoms with E-state index in [0.717, 1.165) is 35.1 Å². The van der Waals surface area contributed by atoms with Gasteiger partial charge >= 0.3 is 5.69 Å². The van der Waals surface area contributed by atoms with Gasteiger partial charge in [0.1, 0.15) is 5.52 Å². The second-order valence-electron chi connectivity index (χ2n) is 8.22. The molecule has 0 amide bonds. The molecule has 2 aliphatic heterocycles. The van der Waals surface area contributed by atoms with Crippen molar-refractivity contribution in [2.45, 2.75) is 32.0 Å². The Bertz CT molecular complexity index is 1370. The number of aryl methyl sites for hydroxylation is 2. The van der Waals surface area contributed by atoms with Crippen LogP contribution in [0.5, 0.6) is 0 Å². The number of rotatable bonds is 3. The molecule has 3 aromatic heterocycles. The molecule has 6 rings (SSSR count). The summed E-state index contributed by atoms with van der Waals surface area (Å²) in [6.07, 6.45) is 7.44. The van der Waals surface area contributed by atoms with Crippen molar-refractivity contribution < 1.29 is 4.74 Å². The first-order valence-electron chi connectivity index (χ1n) is 10.4. The van der Waals surface area contributed by atoms with Crippen LogP contribution in [-0.4, -0.2) is 54.5 Å². The Balaban J connectivity index is 1.41. The van der Waals surface area contributed by atoms with Gasteiger partial charge in [-0.1, -0.05) is 0 Å². The van der Waals surface area contributed by atoms with Gasteiger partial charge in [0.25, 0.3) is 0 Å². The zero-order valence-corrected chi connectivity index (χ0v) is 17.3. The number of morpholine rings is 1. The van der Waals surface area contributed by atoms with Gasteiger partial charge in [-0.15, -0.1) is 0 Å². The lowest BCUT2D eigenvalue weighted by molar-refractivity contribution is 0.0214. The highest BCUT2D eigenvalue weighted by Crippen LogP contribution is 2.27. The van der Waals surface area contributed by atoms with Crippen molar-refractivity contribution in [3.63, 3.8) is 0 Å². The summed E-state index contributed by atoms with van der Waals surface area (Å²) in [5, 5.41) is 5.35. The van der Waals surface area contributed by atoms with Crippen LogP contribution in [0.25, 0.3) is 22.2 Å². The number of benzene rings is 1. The van der Waals surface area contributed by atoms with Crippen LogP contribution in [0.1, 0.15) is 18.4 Å². The molecule has 0 radical (unpaired) electrons. The van der Waals surface area contributed by atoms with Gasteiger partial charge in [0, 0.05) is 25.1 Å². The third kappa shape index (κ3) is 2.94. The second kappa shape index (κ2) is 6.74. The Morgan fingerprint density at radius 2 is 1.77 bits per heavy atom. The van der Waals surface area contributed by atoms with Gasteiger partial charge < -0.3 is 15.1 Å². The van der Waals surface area contributed by atoms with E-state index in [0.29, 0.717) is 30.2 Å². The Hall–Kier alpha value is -3.53. The number of hydrogen-bond donors (Lipinski definition) is 1. The van der Waals surface area contributed by atoms with E-state index in [9.17, 15) is 4.79 Å². The summed E-state index contributed by atoms with van der Waals surface area (Å²) >= 11 is 0. The van der Waals surface area contributed by atoms with Crippen LogP contribution in [0, 0.1) is 6.92 Å². The van der Waals surface area contributed by atoms with E-state index in [1.807, 2.05) is 19.1 Å². The van der Waals surface area contributed by atoms with Crippen LogP contribution in [0.3, 0.4) is 0 Å². The number of nitrogens with zero attached hydrogens (tertiary/aromatic N) is 7. The monoisotopic (exact) mass is 418 g/mol. The lowest BCUT2D eigenvalue weighted by Crippen LogP contribution is -2.52. The third-order valence-electron chi connectivity index (χ3n) is 6.15. The summed E-state index contributed by atoms with van der Waals surface area (Å²) < 4.78 is 9.20. The molecule has 2 aliphatic rings. The van der Waals surface area contributed by atoms with Gasteiger partial charge in [-0.3, -0.25) is 14.5 Å². The molecule has 2 bridgehead atoms. The Labute approximate surface area is 177 Å². The van der Waals surface area contributed by atoms with E-state index in [4.69, 9.17) is 9.72 Å². The van der Waals surface area contributed by atoms with Crippen molar-refractivity contribution >= 4 is 33.8 Å². The largest absolute Gasteiger partial charge is 0.371 e. The summed E-state index contributed by atoms with van der Waals surface area (Å²) in [5.41, 5.74) is 4.63. The van der Waals surface area contributed by atoms with Gasteiger partial charge in [0.05, 0.1) is 42.5 Å². The third-order valence-corrected chi connectivity index (χ3v) is 6.15. The molecule has 0 saturated carbocycles. The van der Waals surface area contributed by atoms with Crippen LogP contribution < -0.4 is 16.0 Å². The van der Waals surface area contributed by atoms with Crippen LogP contribution in [0.15, 0.2) is 35.5 Å². The molecule has 0 aliphatic carbocycles. The Morgan fingerprint density at radius 1 is 1.06 bits per heavy atom. The zero-order chi connectivity index (χ0) is 21.1. The van der Waals surface area contributed by atoms with Crippen molar-refractivity contribution in [3.05, 3.63) is 46.8 Å². The molecule has 1 N–H and O–H groups in total. The van der Waals surface area contributed by atoms with E-state index in [1.54, 1.807) is 34.9 Å². The molecule has 5 heterocycles. The highest BCUT2D eigenvalue weighted by molar-refractivity contribution is 5.82. The minimum atomic E-state index is -0.125. The van der Waals surface area contributed by atoms with Gasteiger partial charge in [-0.25, -0.2) is 9.78 Å². The summed E-state index contributed by atoms with van der Waals surface area (Å²) in [7, 11) is 1.75. The standard InChI is InChI=1S/C21H22N8O2/c1-12-7-16-17(23-6-5-22-16)8-15(12)25-20-24-9-18-19(26-20)29(21(30)27(18)2)28-10-13-3-4-14(11-28)31-13/h5-9,13-14H,3-4,10-11H2,1-2H3,(H,24,25,26). The van der Waals surface area contributed by atoms with E-state index < -0.39 is 0 Å². The molecule has 10 heteroatoms. The van der Waals surface area contributed by atoms with Crippen molar-refractivity contribution in [1.82, 2.24) is 29.2 Å². The average molecular weight is 418 g/mol. The quantitative estimate of drug-likeness (QED) is 0.535. The fraction of sp³-hybridized carbons (Fsp3) is 0.381. The molecule has 2 unspecified atom stereocenters. The van der Waals surface area contributed by atoms with Crippen molar-refractivity contribution in [3.8, 4) is 0 Å². The molecular weight excluding hydrogens is 396 g/mol.